The van der Waals surface area contributed by atoms with Gasteiger partial charge in [-0.05, 0) is 62.6 Å². The lowest BCUT2D eigenvalue weighted by atomic mass is 9.94. The van der Waals surface area contributed by atoms with E-state index in [-0.39, 0.29) is 11.3 Å². The van der Waals surface area contributed by atoms with E-state index in [9.17, 15) is 4.79 Å². The molecule has 1 aliphatic rings. The molecule has 0 aliphatic heterocycles. The van der Waals surface area contributed by atoms with Crippen molar-refractivity contribution in [2.75, 3.05) is 0 Å². The molecule has 2 rings (SSSR count). The molecule has 0 heterocycles. The van der Waals surface area contributed by atoms with Gasteiger partial charge in [0.1, 0.15) is 5.75 Å². The summed E-state index contributed by atoms with van der Waals surface area (Å²) >= 11 is 1.24. The van der Waals surface area contributed by atoms with E-state index in [0.29, 0.717) is 6.04 Å². The molecule has 0 bridgehead atoms. The number of carbonyl (C=O) groups is 1. The van der Waals surface area contributed by atoms with Crippen LogP contribution in [0, 0.1) is 0 Å². The van der Waals surface area contributed by atoms with Gasteiger partial charge in [0.2, 0.25) is 0 Å². The summed E-state index contributed by atoms with van der Waals surface area (Å²) in [5.74, 6) is 0.829. The topological polar surface area (TPSA) is 38.3 Å². The van der Waals surface area contributed by atoms with Crippen molar-refractivity contribution in [3.05, 3.63) is 24.3 Å². The molecular formula is C15H21NO2S. The van der Waals surface area contributed by atoms with E-state index in [0.717, 1.165) is 29.9 Å². The zero-order valence-corrected chi connectivity index (χ0v) is 12.3. The third-order valence-electron chi connectivity index (χ3n) is 3.36. The number of rotatable bonds is 5. The Bertz CT molecular complexity index is 432. The average molecular weight is 279 g/mol. The molecule has 1 atom stereocenters. The molecule has 19 heavy (non-hydrogen) atoms. The van der Waals surface area contributed by atoms with Crippen LogP contribution in [0.3, 0.4) is 0 Å². The van der Waals surface area contributed by atoms with Crippen LogP contribution < -0.4 is 10.1 Å². The second kappa shape index (κ2) is 6.85. The number of benzene rings is 1. The second-order valence-electron chi connectivity index (χ2n) is 4.97. The van der Waals surface area contributed by atoms with E-state index in [1.807, 2.05) is 31.2 Å². The van der Waals surface area contributed by atoms with Crippen molar-refractivity contribution in [2.45, 2.75) is 56.6 Å². The SMILES string of the molecule is CC[C@H](C)Oc1cccc(SC(=O)NC2CCC2)c1. The first kappa shape index (κ1) is 14.3. The molecule has 1 N–H and O–H groups in total. The van der Waals surface area contributed by atoms with Crippen molar-refractivity contribution in [1.29, 1.82) is 0 Å². The largest absolute Gasteiger partial charge is 0.491 e. The summed E-state index contributed by atoms with van der Waals surface area (Å²) in [5, 5.41) is 3.05. The molecule has 0 unspecified atom stereocenters. The van der Waals surface area contributed by atoms with Crippen LogP contribution in [-0.2, 0) is 0 Å². The number of hydrogen-bond donors (Lipinski definition) is 1. The molecule has 0 saturated heterocycles. The first-order chi connectivity index (χ1) is 9.17. The van der Waals surface area contributed by atoms with Crippen LogP contribution in [0.4, 0.5) is 4.79 Å². The van der Waals surface area contributed by atoms with E-state index in [1.165, 1.54) is 18.2 Å². The lowest BCUT2D eigenvalue weighted by Crippen LogP contribution is -2.37. The third kappa shape index (κ3) is 4.46. The minimum atomic E-state index is 0.0328. The van der Waals surface area contributed by atoms with E-state index < -0.39 is 0 Å². The minimum Gasteiger partial charge on any atom is -0.491 e. The van der Waals surface area contributed by atoms with Crippen molar-refractivity contribution in [3.63, 3.8) is 0 Å². The summed E-state index contributed by atoms with van der Waals surface area (Å²) in [6.07, 6.45) is 4.63. The zero-order chi connectivity index (χ0) is 13.7. The fraction of sp³-hybridized carbons (Fsp3) is 0.533. The molecule has 0 radical (unpaired) electrons. The fourth-order valence-corrected chi connectivity index (χ4v) is 2.54. The first-order valence-electron chi connectivity index (χ1n) is 6.92. The van der Waals surface area contributed by atoms with Crippen LogP contribution in [0.2, 0.25) is 0 Å². The molecule has 1 aromatic carbocycles. The number of carbonyl (C=O) groups excluding carboxylic acids is 1. The van der Waals surface area contributed by atoms with Gasteiger partial charge in [-0.15, -0.1) is 0 Å². The van der Waals surface area contributed by atoms with Gasteiger partial charge in [0.25, 0.3) is 5.24 Å². The molecule has 1 aliphatic carbocycles. The van der Waals surface area contributed by atoms with E-state index in [1.54, 1.807) is 0 Å². The minimum absolute atomic E-state index is 0.0328. The quantitative estimate of drug-likeness (QED) is 0.820. The smallest absolute Gasteiger partial charge is 0.284 e. The average Bonchev–Trinajstić information content (AvgIpc) is 2.34. The number of amides is 1. The summed E-state index contributed by atoms with van der Waals surface area (Å²) in [6.45, 7) is 4.14. The summed E-state index contributed by atoms with van der Waals surface area (Å²) < 4.78 is 5.75. The normalized spacial score (nSPS) is 16.5. The van der Waals surface area contributed by atoms with Crippen LogP contribution in [0.15, 0.2) is 29.2 Å². The second-order valence-corrected chi connectivity index (χ2v) is 6.02. The third-order valence-corrected chi connectivity index (χ3v) is 4.15. The molecule has 4 heteroatoms. The molecule has 1 saturated carbocycles. The Hall–Kier alpha value is -1.16. The van der Waals surface area contributed by atoms with Crippen LogP contribution >= 0.6 is 11.8 Å². The Morgan fingerprint density at radius 2 is 2.32 bits per heavy atom. The first-order valence-corrected chi connectivity index (χ1v) is 7.74. The number of nitrogens with one attached hydrogen (secondary N) is 1. The molecule has 104 valence electrons. The maximum absolute atomic E-state index is 11.8. The van der Waals surface area contributed by atoms with Crippen LogP contribution in [0.5, 0.6) is 5.75 Å². The Morgan fingerprint density at radius 3 is 2.95 bits per heavy atom. The molecule has 0 spiro atoms. The Morgan fingerprint density at radius 1 is 1.53 bits per heavy atom. The van der Waals surface area contributed by atoms with E-state index >= 15 is 0 Å². The monoisotopic (exact) mass is 279 g/mol. The Balaban J connectivity index is 1.88. The van der Waals surface area contributed by atoms with Crippen LogP contribution in [0.1, 0.15) is 39.5 Å². The lowest BCUT2D eigenvalue weighted by Gasteiger charge is -2.25. The summed E-state index contributed by atoms with van der Waals surface area (Å²) in [6, 6.07) is 8.11. The number of thioether (sulfide) groups is 1. The van der Waals surface area contributed by atoms with E-state index in [2.05, 4.69) is 12.2 Å². The summed E-state index contributed by atoms with van der Waals surface area (Å²) in [4.78, 5) is 12.7. The highest BCUT2D eigenvalue weighted by Crippen LogP contribution is 2.26. The zero-order valence-electron chi connectivity index (χ0n) is 11.5. The van der Waals surface area contributed by atoms with Crippen LogP contribution in [0.25, 0.3) is 0 Å². The predicted octanol–water partition coefficient (Wildman–Crippen LogP) is 4.22. The van der Waals surface area contributed by atoms with Gasteiger partial charge < -0.3 is 10.1 Å². The van der Waals surface area contributed by atoms with E-state index in [4.69, 9.17) is 4.74 Å². The highest BCUT2D eigenvalue weighted by molar-refractivity contribution is 8.13. The van der Waals surface area contributed by atoms with Gasteiger partial charge in [0.15, 0.2) is 0 Å². The summed E-state index contributed by atoms with van der Waals surface area (Å²) in [7, 11) is 0. The van der Waals surface area contributed by atoms with Gasteiger partial charge in [-0.25, -0.2) is 0 Å². The van der Waals surface area contributed by atoms with Gasteiger partial charge in [0.05, 0.1) is 6.10 Å². The van der Waals surface area contributed by atoms with Crippen molar-refractivity contribution >= 4 is 17.0 Å². The van der Waals surface area contributed by atoms with Crippen molar-refractivity contribution < 1.29 is 9.53 Å². The van der Waals surface area contributed by atoms with Crippen molar-refractivity contribution in [2.24, 2.45) is 0 Å². The van der Waals surface area contributed by atoms with Gasteiger partial charge >= 0.3 is 0 Å². The number of ether oxygens (including phenoxy) is 1. The summed E-state index contributed by atoms with van der Waals surface area (Å²) in [5.41, 5.74) is 0. The van der Waals surface area contributed by atoms with Crippen molar-refractivity contribution in [1.82, 2.24) is 5.32 Å². The molecule has 0 aromatic heterocycles. The highest BCUT2D eigenvalue weighted by Gasteiger charge is 2.19. The maximum atomic E-state index is 11.8. The maximum Gasteiger partial charge on any atom is 0.284 e. The van der Waals surface area contributed by atoms with Gasteiger partial charge in [-0.2, -0.15) is 0 Å². The number of hydrogen-bond acceptors (Lipinski definition) is 3. The molecule has 3 nitrogen and oxygen atoms in total. The molecule has 1 amide bonds. The predicted molar refractivity (Wildman–Crippen MR) is 78.9 cm³/mol. The Kier molecular flexibility index (Phi) is 5.14. The lowest BCUT2D eigenvalue weighted by molar-refractivity contribution is 0.217. The van der Waals surface area contributed by atoms with Crippen molar-refractivity contribution in [3.8, 4) is 5.75 Å². The standard InChI is InChI=1S/C15H21NO2S/c1-3-11(2)18-13-8-5-9-14(10-13)19-15(17)16-12-6-4-7-12/h5,8-12H,3-4,6-7H2,1-2H3,(H,16,17)/t11-/m0/s1. The van der Waals surface area contributed by atoms with Gasteiger partial charge in [0, 0.05) is 10.9 Å². The molecular weight excluding hydrogens is 258 g/mol. The highest BCUT2D eigenvalue weighted by atomic mass is 32.2. The van der Waals surface area contributed by atoms with Gasteiger partial charge in [-0.1, -0.05) is 13.0 Å². The molecule has 1 aromatic rings. The fourth-order valence-electron chi connectivity index (χ4n) is 1.78. The van der Waals surface area contributed by atoms with Gasteiger partial charge in [-0.3, -0.25) is 4.79 Å². The van der Waals surface area contributed by atoms with Crippen LogP contribution in [-0.4, -0.2) is 17.4 Å². The Labute approximate surface area is 119 Å². The molecule has 1 fully saturated rings.